The second-order valence-electron chi connectivity index (χ2n) is 3.90. The van der Waals surface area contributed by atoms with Gasteiger partial charge in [-0.1, -0.05) is 6.07 Å². The molecule has 1 aromatic carbocycles. The fourth-order valence-electron chi connectivity index (χ4n) is 1.57. The lowest BCUT2D eigenvalue weighted by Gasteiger charge is -2.09. The van der Waals surface area contributed by atoms with Crippen molar-refractivity contribution in [3.63, 3.8) is 0 Å². The highest BCUT2D eigenvalue weighted by Crippen LogP contribution is 2.28. The van der Waals surface area contributed by atoms with Crippen LogP contribution >= 0.6 is 11.3 Å². The number of para-hydroxylation sites is 1. The number of phenolic OH excluding ortho intramolecular Hbond substituents is 1. The highest BCUT2D eigenvalue weighted by molar-refractivity contribution is 7.09. The van der Waals surface area contributed by atoms with Gasteiger partial charge in [-0.3, -0.25) is 4.79 Å². The summed E-state index contributed by atoms with van der Waals surface area (Å²) in [5.41, 5.74) is 0.374. The molecule has 0 bridgehead atoms. The standard InChI is InChI=1S/C13H12N2O4S/c1-7-14-10(6-20-7)12(17)15-9-5-3-4-8(11(9)16)13(18)19-2/h3-6,16H,1-2H3,(H,15,17). The van der Waals surface area contributed by atoms with Gasteiger partial charge in [-0.25, -0.2) is 9.78 Å². The maximum Gasteiger partial charge on any atom is 0.341 e. The molecular formula is C13H12N2O4S. The molecular weight excluding hydrogens is 280 g/mol. The highest BCUT2D eigenvalue weighted by atomic mass is 32.1. The van der Waals surface area contributed by atoms with Gasteiger partial charge >= 0.3 is 5.97 Å². The number of hydrogen-bond donors (Lipinski definition) is 2. The number of hydrogen-bond acceptors (Lipinski definition) is 6. The number of carbonyl (C=O) groups is 2. The summed E-state index contributed by atoms with van der Waals surface area (Å²) in [4.78, 5) is 27.4. The number of anilines is 1. The van der Waals surface area contributed by atoms with Crippen molar-refractivity contribution in [1.82, 2.24) is 4.98 Å². The molecule has 0 atom stereocenters. The molecule has 0 radical (unpaired) electrons. The van der Waals surface area contributed by atoms with Crippen LogP contribution in [0.2, 0.25) is 0 Å². The van der Waals surface area contributed by atoms with Gasteiger partial charge in [-0.2, -0.15) is 0 Å². The molecule has 0 aliphatic carbocycles. The minimum Gasteiger partial charge on any atom is -0.505 e. The van der Waals surface area contributed by atoms with Gasteiger partial charge in [-0.15, -0.1) is 11.3 Å². The summed E-state index contributed by atoms with van der Waals surface area (Å²) in [6, 6.07) is 4.43. The van der Waals surface area contributed by atoms with Crippen molar-refractivity contribution in [1.29, 1.82) is 0 Å². The van der Waals surface area contributed by atoms with E-state index in [1.807, 2.05) is 0 Å². The zero-order valence-electron chi connectivity index (χ0n) is 10.8. The third-order valence-corrected chi connectivity index (χ3v) is 3.31. The number of aromatic hydroxyl groups is 1. The molecule has 20 heavy (non-hydrogen) atoms. The average molecular weight is 292 g/mol. The van der Waals surface area contributed by atoms with E-state index in [0.29, 0.717) is 0 Å². The van der Waals surface area contributed by atoms with E-state index in [2.05, 4.69) is 15.0 Å². The lowest BCUT2D eigenvalue weighted by molar-refractivity contribution is 0.0597. The number of ether oxygens (including phenoxy) is 1. The van der Waals surface area contributed by atoms with Gasteiger partial charge < -0.3 is 15.2 Å². The second-order valence-corrected chi connectivity index (χ2v) is 4.96. The van der Waals surface area contributed by atoms with Crippen LogP contribution in [-0.2, 0) is 4.74 Å². The first-order chi connectivity index (χ1) is 9.52. The van der Waals surface area contributed by atoms with E-state index in [9.17, 15) is 14.7 Å². The minimum atomic E-state index is -0.678. The summed E-state index contributed by atoms with van der Waals surface area (Å²) in [5.74, 6) is -1.46. The monoisotopic (exact) mass is 292 g/mol. The van der Waals surface area contributed by atoms with Crippen LogP contribution < -0.4 is 5.32 Å². The number of methoxy groups -OCH3 is 1. The topological polar surface area (TPSA) is 88.5 Å². The summed E-state index contributed by atoms with van der Waals surface area (Å²) < 4.78 is 4.54. The highest BCUT2D eigenvalue weighted by Gasteiger charge is 2.17. The van der Waals surface area contributed by atoms with Crippen LogP contribution in [0, 0.1) is 6.92 Å². The van der Waals surface area contributed by atoms with Crippen LogP contribution in [0.3, 0.4) is 0 Å². The number of nitrogens with zero attached hydrogens (tertiary/aromatic N) is 1. The van der Waals surface area contributed by atoms with Crippen molar-refractivity contribution in [2.24, 2.45) is 0 Å². The summed E-state index contributed by atoms with van der Waals surface area (Å²) in [6.45, 7) is 1.79. The Labute approximate surface area is 119 Å². The number of nitrogens with one attached hydrogen (secondary N) is 1. The van der Waals surface area contributed by atoms with E-state index < -0.39 is 11.9 Å². The Kier molecular flexibility index (Phi) is 3.99. The molecule has 2 N–H and O–H groups in total. The van der Waals surface area contributed by atoms with Crippen molar-refractivity contribution >= 4 is 28.9 Å². The van der Waals surface area contributed by atoms with Gasteiger partial charge in [0.25, 0.3) is 5.91 Å². The van der Waals surface area contributed by atoms with Crippen molar-refractivity contribution < 1.29 is 19.4 Å². The van der Waals surface area contributed by atoms with Crippen molar-refractivity contribution in [3.8, 4) is 5.75 Å². The number of aryl methyl sites for hydroxylation is 1. The number of phenols is 1. The van der Waals surface area contributed by atoms with Crippen molar-refractivity contribution in [3.05, 3.63) is 39.8 Å². The molecule has 1 aromatic heterocycles. The van der Waals surface area contributed by atoms with Gasteiger partial charge in [0, 0.05) is 5.38 Å². The van der Waals surface area contributed by atoms with Gasteiger partial charge in [0.2, 0.25) is 0 Å². The van der Waals surface area contributed by atoms with E-state index in [4.69, 9.17) is 0 Å². The van der Waals surface area contributed by atoms with Gasteiger partial charge in [-0.05, 0) is 19.1 Å². The number of thiazole rings is 1. The number of carbonyl (C=O) groups excluding carboxylic acids is 2. The van der Waals surface area contributed by atoms with Crippen LogP contribution in [0.25, 0.3) is 0 Å². The lowest BCUT2D eigenvalue weighted by Crippen LogP contribution is -2.13. The number of aromatic nitrogens is 1. The lowest BCUT2D eigenvalue weighted by atomic mass is 10.1. The first-order valence-electron chi connectivity index (χ1n) is 5.66. The van der Waals surface area contributed by atoms with Crippen LogP contribution in [0.15, 0.2) is 23.6 Å². The third kappa shape index (κ3) is 2.77. The Hall–Kier alpha value is -2.41. The zero-order valence-corrected chi connectivity index (χ0v) is 11.7. The molecule has 0 saturated carbocycles. The average Bonchev–Trinajstić information content (AvgIpc) is 2.87. The predicted molar refractivity (Wildman–Crippen MR) is 74.3 cm³/mol. The Bertz CT molecular complexity index is 666. The van der Waals surface area contributed by atoms with Gasteiger partial charge in [0.05, 0.1) is 17.8 Å². The number of rotatable bonds is 3. The molecule has 0 unspecified atom stereocenters. The fraction of sp³-hybridized carbons (Fsp3) is 0.154. The molecule has 0 aliphatic rings. The number of benzene rings is 1. The molecule has 1 amide bonds. The maximum atomic E-state index is 11.9. The fourth-order valence-corrected chi connectivity index (χ4v) is 2.17. The van der Waals surface area contributed by atoms with Crippen LogP contribution in [0.4, 0.5) is 5.69 Å². The van der Waals surface area contributed by atoms with Crippen LogP contribution in [-0.4, -0.2) is 29.1 Å². The van der Waals surface area contributed by atoms with Gasteiger partial charge in [0.15, 0.2) is 5.75 Å². The molecule has 0 spiro atoms. The third-order valence-electron chi connectivity index (χ3n) is 2.54. The molecule has 7 heteroatoms. The molecule has 2 rings (SSSR count). The van der Waals surface area contributed by atoms with Crippen molar-refractivity contribution in [2.75, 3.05) is 12.4 Å². The Balaban J connectivity index is 2.26. The second kappa shape index (κ2) is 5.70. The largest absolute Gasteiger partial charge is 0.505 e. The van der Waals surface area contributed by atoms with E-state index >= 15 is 0 Å². The SMILES string of the molecule is COC(=O)c1cccc(NC(=O)c2csc(C)n2)c1O. The Morgan fingerprint density at radius 2 is 2.15 bits per heavy atom. The maximum absolute atomic E-state index is 11.9. The normalized spacial score (nSPS) is 10.1. The smallest absolute Gasteiger partial charge is 0.341 e. The van der Waals surface area contributed by atoms with Crippen molar-refractivity contribution in [2.45, 2.75) is 6.92 Å². The van der Waals surface area contributed by atoms with E-state index in [1.165, 1.54) is 36.6 Å². The summed E-state index contributed by atoms with van der Waals surface area (Å²) in [6.07, 6.45) is 0. The zero-order chi connectivity index (χ0) is 14.7. The van der Waals surface area contributed by atoms with E-state index in [-0.39, 0.29) is 22.7 Å². The molecule has 2 aromatic rings. The van der Waals surface area contributed by atoms with Crippen LogP contribution in [0.5, 0.6) is 5.75 Å². The Morgan fingerprint density at radius 1 is 1.40 bits per heavy atom. The molecule has 1 heterocycles. The summed E-state index contributed by atoms with van der Waals surface area (Å²) in [7, 11) is 1.21. The molecule has 0 fully saturated rings. The summed E-state index contributed by atoms with van der Waals surface area (Å²) in [5, 5.41) is 14.8. The van der Waals surface area contributed by atoms with E-state index in [1.54, 1.807) is 12.3 Å². The predicted octanol–water partition coefficient (Wildman–Crippen LogP) is 2.20. The first-order valence-corrected chi connectivity index (χ1v) is 6.54. The quantitative estimate of drug-likeness (QED) is 0.668. The van der Waals surface area contributed by atoms with Crippen LogP contribution in [0.1, 0.15) is 25.9 Å². The summed E-state index contributed by atoms with van der Waals surface area (Å²) >= 11 is 1.35. The minimum absolute atomic E-state index is 0.0141. The molecule has 0 aliphatic heterocycles. The van der Waals surface area contributed by atoms with Gasteiger partial charge in [0.1, 0.15) is 11.3 Å². The first kappa shape index (κ1) is 14.0. The van der Waals surface area contributed by atoms with E-state index in [0.717, 1.165) is 5.01 Å². The molecule has 6 nitrogen and oxygen atoms in total. The number of esters is 1. The Morgan fingerprint density at radius 3 is 2.75 bits per heavy atom. The number of amides is 1. The molecule has 104 valence electrons. The molecule has 0 saturated heterocycles.